The van der Waals surface area contributed by atoms with Crippen LogP contribution in [0.25, 0.3) is 11.3 Å². The summed E-state index contributed by atoms with van der Waals surface area (Å²) in [4.78, 5) is 0. The van der Waals surface area contributed by atoms with Crippen molar-refractivity contribution in [2.75, 3.05) is 0 Å². The molecule has 3 aromatic rings. The van der Waals surface area contributed by atoms with Crippen molar-refractivity contribution >= 4 is 13.5 Å². The van der Waals surface area contributed by atoms with Crippen molar-refractivity contribution in [3.63, 3.8) is 0 Å². The van der Waals surface area contributed by atoms with Gasteiger partial charge in [0.1, 0.15) is 5.69 Å². The van der Waals surface area contributed by atoms with Crippen molar-refractivity contribution in [2.45, 2.75) is 6.92 Å². The average molecular weight is 355 g/mol. The van der Waals surface area contributed by atoms with Crippen molar-refractivity contribution < 1.29 is 29.6 Å². The Labute approximate surface area is 127 Å². The van der Waals surface area contributed by atoms with Crippen LogP contribution in [-0.4, -0.2) is 9.78 Å². The molecule has 2 aromatic heterocycles. The van der Waals surface area contributed by atoms with Gasteiger partial charge in [-0.15, -0.1) is 0 Å². The van der Waals surface area contributed by atoms with Gasteiger partial charge in [-0.1, -0.05) is 28.9 Å². The predicted octanol–water partition coefficient (Wildman–Crippen LogP) is 5.30. The van der Waals surface area contributed by atoms with Crippen LogP contribution in [0.5, 0.6) is 0 Å². The number of halogens is 6. The number of fused-ring (bicyclic) bond motifs is 1. The third-order valence-electron chi connectivity index (χ3n) is 2.67. The molecule has 0 bridgehead atoms. The van der Waals surface area contributed by atoms with Gasteiger partial charge >= 0.3 is 38.6 Å². The number of aryl methyl sites for hydroxylation is 1. The zero-order chi connectivity index (χ0) is 17.4. The second-order valence-electron chi connectivity index (χ2n) is 4.75. The molecule has 10 heteroatoms. The van der Waals surface area contributed by atoms with Crippen LogP contribution in [0.2, 0.25) is 0 Å². The Morgan fingerprint density at radius 1 is 0.870 bits per heavy atom. The average Bonchev–Trinajstić information content (AvgIpc) is 2.82. The molecule has 0 saturated carbocycles. The molecule has 3 rings (SSSR count). The van der Waals surface area contributed by atoms with E-state index in [-0.39, 0.29) is 0 Å². The number of hydrogen-bond donors (Lipinski definition) is 0. The first-order valence-electron chi connectivity index (χ1n) is 6.28. The molecule has 0 N–H and O–H groups in total. The number of nitrogens with zero attached hydrogens (tertiary/aromatic N) is 3. The fraction of sp³-hybridized carbons (Fsp3) is 0.0769. The molecule has 3 nitrogen and oxygen atoms in total. The Morgan fingerprint density at radius 3 is 1.96 bits per heavy atom. The van der Waals surface area contributed by atoms with Crippen molar-refractivity contribution in [3.05, 3.63) is 60.6 Å². The van der Waals surface area contributed by atoms with Crippen LogP contribution in [0.1, 0.15) is 5.69 Å². The second-order valence-corrected chi connectivity index (χ2v) is 6.67. The third kappa shape index (κ3) is 6.23. The van der Waals surface area contributed by atoms with E-state index in [1.807, 2.05) is 53.5 Å². The summed E-state index contributed by atoms with van der Waals surface area (Å²) >= 11 is 0. The van der Waals surface area contributed by atoms with E-state index in [0.29, 0.717) is 0 Å². The molecular weight excluding hydrogens is 343 g/mol. The summed E-state index contributed by atoms with van der Waals surface area (Å²) in [5.74, 6) is 0. The summed E-state index contributed by atoms with van der Waals surface area (Å²) in [5.41, 5.74) is 3.22. The molecule has 0 aliphatic rings. The first kappa shape index (κ1) is 17.2. The number of hydrogen-bond acceptors (Lipinski definition) is 1. The first-order valence-corrected chi connectivity index (χ1v) is 8.31. The van der Waals surface area contributed by atoms with Gasteiger partial charge in [-0.05, 0) is 25.1 Å². The number of benzene rings is 1. The third-order valence-corrected chi connectivity index (χ3v) is 2.67. The van der Waals surface area contributed by atoms with Gasteiger partial charge in [0.15, 0.2) is 0 Å². The van der Waals surface area contributed by atoms with Gasteiger partial charge in [0.2, 0.25) is 6.33 Å². The molecule has 126 valence electrons. The molecular formula is C13H12F6N3P. The Kier molecular flexibility index (Phi) is 3.68. The molecule has 2 heterocycles. The summed E-state index contributed by atoms with van der Waals surface area (Å²) in [6.45, 7) is 2.07. The van der Waals surface area contributed by atoms with Gasteiger partial charge in [0, 0.05) is 6.07 Å². The zero-order valence-electron chi connectivity index (χ0n) is 11.8. The van der Waals surface area contributed by atoms with Crippen LogP contribution >= 0.6 is 7.81 Å². The van der Waals surface area contributed by atoms with Gasteiger partial charge in [0.25, 0.3) is 0 Å². The maximum atomic E-state index is 9.87. The van der Waals surface area contributed by atoms with Crippen LogP contribution in [-0.2, 0) is 0 Å². The van der Waals surface area contributed by atoms with Gasteiger partial charge in [0.05, 0.1) is 10.8 Å². The van der Waals surface area contributed by atoms with Crippen LogP contribution < -0.4 is 4.40 Å². The second kappa shape index (κ2) is 4.92. The molecule has 0 aliphatic carbocycles. The van der Waals surface area contributed by atoms with E-state index in [0.717, 1.165) is 11.3 Å². The van der Waals surface area contributed by atoms with Gasteiger partial charge in [-0.2, -0.15) is 0 Å². The summed E-state index contributed by atoms with van der Waals surface area (Å²) in [6, 6.07) is 16.2. The quantitative estimate of drug-likeness (QED) is 0.330. The number of rotatable bonds is 1. The molecule has 0 fully saturated rings. The van der Waals surface area contributed by atoms with Crippen LogP contribution in [0.4, 0.5) is 25.2 Å². The van der Waals surface area contributed by atoms with E-state index in [9.17, 15) is 25.2 Å². The van der Waals surface area contributed by atoms with E-state index >= 15 is 0 Å². The monoisotopic (exact) mass is 355 g/mol. The summed E-state index contributed by atoms with van der Waals surface area (Å²) < 4.78 is 63.2. The SMILES string of the molecule is Cc1cccc2nn(-c3ccccc3)c[n+]12.F[P-](F)(F)(F)(F)F. The zero-order valence-corrected chi connectivity index (χ0v) is 12.6. The standard InChI is InChI=1S/C13H12N3.F6P/c1-11-6-5-9-13-14-16(10-15(11)13)12-7-3-2-4-8-12;1-7(2,3,4,5)6/h2-10H,1H3;/q+1;-1. The molecule has 0 spiro atoms. The minimum absolute atomic E-state index is 0.962. The van der Waals surface area contributed by atoms with Crippen LogP contribution in [0, 0.1) is 6.92 Å². The fourth-order valence-electron chi connectivity index (χ4n) is 1.80. The van der Waals surface area contributed by atoms with Crippen molar-refractivity contribution in [1.82, 2.24) is 9.78 Å². The number of para-hydroxylation sites is 1. The van der Waals surface area contributed by atoms with Gasteiger partial charge in [-0.25, -0.2) is 4.40 Å². The van der Waals surface area contributed by atoms with Crippen LogP contribution in [0.15, 0.2) is 54.9 Å². The summed E-state index contributed by atoms with van der Waals surface area (Å²) in [7, 11) is -10.7. The Bertz CT molecular complexity index is 816. The minimum atomic E-state index is -10.7. The molecule has 23 heavy (non-hydrogen) atoms. The topological polar surface area (TPSA) is 21.9 Å². The first-order chi connectivity index (χ1) is 10.3. The summed E-state index contributed by atoms with van der Waals surface area (Å²) in [5, 5.41) is 4.52. The van der Waals surface area contributed by atoms with E-state index in [4.69, 9.17) is 0 Å². The molecule has 0 unspecified atom stereocenters. The van der Waals surface area contributed by atoms with E-state index in [2.05, 4.69) is 22.5 Å². The predicted molar refractivity (Wildman–Crippen MR) is 75.0 cm³/mol. The Morgan fingerprint density at radius 2 is 1.43 bits per heavy atom. The number of aromatic nitrogens is 3. The van der Waals surface area contributed by atoms with Crippen LogP contribution in [0.3, 0.4) is 0 Å². The molecule has 0 amide bonds. The molecule has 0 saturated heterocycles. The molecule has 0 radical (unpaired) electrons. The molecule has 0 aliphatic heterocycles. The fourth-order valence-corrected chi connectivity index (χ4v) is 1.80. The van der Waals surface area contributed by atoms with Gasteiger partial charge < -0.3 is 0 Å². The van der Waals surface area contributed by atoms with Gasteiger partial charge in [-0.3, -0.25) is 0 Å². The van der Waals surface area contributed by atoms with E-state index < -0.39 is 7.81 Å². The molecule has 1 aromatic carbocycles. The summed E-state index contributed by atoms with van der Waals surface area (Å²) in [6.07, 6.45) is 2.00. The maximum absolute atomic E-state index is 10.7. The Hall–Kier alpha value is -2.15. The Balaban J connectivity index is 0.000000236. The van der Waals surface area contributed by atoms with Crippen molar-refractivity contribution in [3.8, 4) is 5.69 Å². The van der Waals surface area contributed by atoms with Crippen molar-refractivity contribution in [1.29, 1.82) is 0 Å². The normalized spacial score (nSPS) is 14.6. The van der Waals surface area contributed by atoms with E-state index in [1.165, 1.54) is 5.69 Å². The number of pyridine rings is 1. The molecule has 0 atom stereocenters. The van der Waals surface area contributed by atoms with E-state index in [1.54, 1.807) is 0 Å². The van der Waals surface area contributed by atoms with Crippen molar-refractivity contribution in [2.24, 2.45) is 0 Å².